The third kappa shape index (κ3) is 3.97. The summed E-state index contributed by atoms with van der Waals surface area (Å²) in [7, 11) is 0. The Labute approximate surface area is 168 Å². The topological polar surface area (TPSA) is 65.4 Å². The second-order valence-corrected chi connectivity index (χ2v) is 7.05. The van der Waals surface area contributed by atoms with Gasteiger partial charge in [0.05, 0.1) is 30.1 Å². The Morgan fingerprint density at radius 3 is 2.75 bits per heavy atom. The number of fused-ring (bicyclic) bond motifs is 1. The zero-order valence-electron chi connectivity index (χ0n) is 15.4. The van der Waals surface area contributed by atoms with Crippen LogP contribution in [0.25, 0.3) is 5.69 Å². The van der Waals surface area contributed by atoms with E-state index < -0.39 is 0 Å². The molecule has 1 aliphatic heterocycles. The maximum Gasteiger partial charge on any atom is 0.251 e. The highest BCUT2D eigenvalue weighted by Crippen LogP contribution is 2.37. The predicted octanol–water partition coefficient (Wildman–Crippen LogP) is 3.93. The molecule has 1 aliphatic rings. The number of rotatable bonds is 4. The number of hydrogen-bond donors (Lipinski definition) is 1. The molecule has 3 aromatic rings. The van der Waals surface area contributed by atoms with Crippen LogP contribution in [0.1, 0.15) is 27.9 Å². The van der Waals surface area contributed by atoms with Crippen molar-refractivity contribution in [1.29, 1.82) is 0 Å². The van der Waals surface area contributed by atoms with Crippen LogP contribution >= 0.6 is 11.6 Å². The zero-order chi connectivity index (χ0) is 19.5. The minimum absolute atomic E-state index is 0.161. The van der Waals surface area contributed by atoms with Gasteiger partial charge in [-0.05, 0) is 54.4 Å². The van der Waals surface area contributed by atoms with Gasteiger partial charge in [0.25, 0.3) is 5.91 Å². The summed E-state index contributed by atoms with van der Waals surface area (Å²) in [5.74, 6) is 1.03. The molecule has 0 radical (unpaired) electrons. The molecule has 0 bridgehead atoms. The monoisotopic (exact) mass is 397 g/mol. The van der Waals surface area contributed by atoms with Crippen molar-refractivity contribution in [3.05, 3.63) is 70.5 Å². The number of aryl methyl sites for hydroxylation is 1. The molecule has 2 heterocycles. The van der Waals surface area contributed by atoms with E-state index in [1.807, 2.05) is 31.3 Å². The van der Waals surface area contributed by atoms with E-state index in [0.29, 0.717) is 41.8 Å². The number of hydrogen-bond acceptors (Lipinski definition) is 4. The van der Waals surface area contributed by atoms with Gasteiger partial charge in [0.15, 0.2) is 11.5 Å². The Hall–Kier alpha value is -2.99. The Balaban J connectivity index is 1.43. The molecular weight excluding hydrogens is 378 g/mol. The van der Waals surface area contributed by atoms with Crippen molar-refractivity contribution >= 4 is 17.5 Å². The van der Waals surface area contributed by atoms with Gasteiger partial charge in [-0.1, -0.05) is 11.6 Å². The van der Waals surface area contributed by atoms with Crippen LogP contribution in [0.15, 0.2) is 48.8 Å². The average molecular weight is 398 g/mol. The molecule has 6 nitrogen and oxygen atoms in total. The maximum atomic E-state index is 12.5. The first-order valence-electron chi connectivity index (χ1n) is 9.08. The molecule has 0 saturated heterocycles. The third-order valence-electron chi connectivity index (χ3n) is 4.42. The number of halogens is 1. The summed E-state index contributed by atoms with van der Waals surface area (Å²) in [6.07, 6.45) is 4.54. The SMILES string of the molecule is Cc1cnn(-c2ccc(C(=O)NCc3cc(Cl)c4c(c3)OCCCO4)cc2)c1. The first-order chi connectivity index (χ1) is 13.6. The summed E-state index contributed by atoms with van der Waals surface area (Å²) in [6, 6.07) is 10.9. The van der Waals surface area contributed by atoms with Crippen LogP contribution in [-0.4, -0.2) is 28.9 Å². The molecule has 0 fully saturated rings. The van der Waals surface area contributed by atoms with Gasteiger partial charge in [-0.3, -0.25) is 4.79 Å². The lowest BCUT2D eigenvalue weighted by atomic mass is 10.1. The number of ether oxygens (including phenoxy) is 2. The highest BCUT2D eigenvalue weighted by atomic mass is 35.5. The molecular formula is C21H20ClN3O3. The van der Waals surface area contributed by atoms with Gasteiger partial charge in [-0.2, -0.15) is 5.10 Å². The summed E-state index contributed by atoms with van der Waals surface area (Å²) in [6.45, 7) is 3.49. The largest absolute Gasteiger partial charge is 0.489 e. The number of carbonyl (C=O) groups is 1. The summed E-state index contributed by atoms with van der Waals surface area (Å²) in [4.78, 5) is 12.5. The smallest absolute Gasteiger partial charge is 0.251 e. The van der Waals surface area contributed by atoms with E-state index in [4.69, 9.17) is 21.1 Å². The van der Waals surface area contributed by atoms with Crippen LogP contribution in [-0.2, 0) is 6.54 Å². The van der Waals surface area contributed by atoms with Gasteiger partial charge >= 0.3 is 0 Å². The van der Waals surface area contributed by atoms with Crippen molar-refractivity contribution < 1.29 is 14.3 Å². The third-order valence-corrected chi connectivity index (χ3v) is 4.70. The van der Waals surface area contributed by atoms with Gasteiger partial charge in [0.1, 0.15) is 0 Å². The minimum atomic E-state index is -0.161. The van der Waals surface area contributed by atoms with E-state index >= 15 is 0 Å². The molecule has 1 amide bonds. The Morgan fingerprint density at radius 1 is 1.21 bits per heavy atom. The van der Waals surface area contributed by atoms with Crippen LogP contribution in [0.4, 0.5) is 0 Å². The second kappa shape index (κ2) is 7.94. The van der Waals surface area contributed by atoms with Crippen LogP contribution < -0.4 is 14.8 Å². The molecule has 0 saturated carbocycles. The number of nitrogens with one attached hydrogen (secondary N) is 1. The highest BCUT2D eigenvalue weighted by molar-refractivity contribution is 6.32. The van der Waals surface area contributed by atoms with Crippen molar-refractivity contribution in [3.8, 4) is 17.2 Å². The van der Waals surface area contributed by atoms with Crippen LogP contribution in [0, 0.1) is 6.92 Å². The van der Waals surface area contributed by atoms with Gasteiger partial charge < -0.3 is 14.8 Å². The van der Waals surface area contributed by atoms with E-state index in [9.17, 15) is 4.79 Å². The standard InChI is InChI=1S/C21H20ClN3O3/c1-14-11-24-25(13-14)17-5-3-16(4-6-17)21(26)23-12-15-9-18(22)20-19(10-15)27-7-2-8-28-20/h3-6,9-11,13H,2,7-8,12H2,1H3,(H,23,26). The summed E-state index contributed by atoms with van der Waals surface area (Å²) in [5, 5.41) is 7.67. The van der Waals surface area contributed by atoms with Crippen LogP contribution in [0.3, 0.4) is 0 Å². The predicted molar refractivity (Wildman–Crippen MR) is 107 cm³/mol. The lowest BCUT2D eigenvalue weighted by molar-refractivity contribution is 0.0951. The molecule has 1 N–H and O–H groups in total. The number of carbonyl (C=O) groups excluding carboxylic acids is 1. The summed E-state index contributed by atoms with van der Waals surface area (Å²) in [5.41, 5.74) is 3.41. The number of aromatic nitrogens is 2. The lowest BCUT2D eigenvalue weighted by Crippen LogP contribution is -2.22. The van der Waals surface area contributed by atoms with E-state index in [-0.39, 0.29) is 5.91 Å². The molecule has 7 heteroatoms. The molecule has 0 aliphatic carbocycles. The van der Waals surface area contributed by atoms with Gasteiger partial charge in [-0.25, -0.2) is 4.68 Å². The van der Waals surface area contributed by atoms with Crippen LogP contribution in [0.2, 0.25) is 5.02 Å². The minimum Gasteiger partial charge on any atom is -0.489 e. The molecule has 4 rings (SSSR count). The van der Waals surface area contributed by atoms with E-state index in [1.54, 1.807) is 29.1 Å². The molecule has 0 unspecified atom stereocenters. The Bertz CT molecular complexity index is 999. The molecule has 0 atom stereocenters. The summed E-state index contributed by atoms with van der Waals surface area (Å²) >= 11 is 6.30. The second-order valence-electron chi connectivity index (χ2n) is 6.65. The molecule has 0 spiro atoms. The Morgan fingerprint density at radius 2 is 2.00 bits per heavy atom. The van der Waals surface area contributed by atoms with Crippen molar-refractivity contribution in [2.24, 2.45) is 0 Å². The molecule has 2 aromatic carbocycles. The lowest BCUT2D eigenvalue weighted by Gasteiger charge is -2.12. The zero-order valence-corrected chi connectivity index (χ0v) is 16.2. The molecule has 144 valence electrons. The number of amides is 1. The van der Waals surface area contributed by atoms with Gasteiger partial charge in [-0.15, -0.1) is 0 Å². The van der Waals surface area contributed by atoms with E-state index in [1.165, 1.54) is 0 Å². The van der Waals surface area contributed by atoms with Crippen molar-refractivity contribution in [2.75, 3.05) is 13.2 Å². The molecule has 1 aromatic heterocycles. The van der Waals surface area contributed by atoms with E-state index in [0.717, 1.165) is 23.2 Å². The van der Waals surface area contributed by atoms with Gasteiger partial charge in [0.2, 0.25) is 0 Å². The van der Waals surface area contributed by atoms with Crippen molar-refractivity contribution in [1.82, 2.24) is 15.1 Å². The van der Waals surface area contributed by atoms with Crippen molar-refractivity contribution in [2.45, 2.75) is 19.9 Å². The first kappa shape index (κ1) is 18.4. The number of nitrogens with zero attached hydrogens (tertiary/aromatic N) is 2. The van der Waals surface area contributed by atoms with Crippen LogP contribution in [0.5, 0.6) is 11.5 Å². The maximum absolute atomic E-state index is 12.5. The summed E-state index contributed by atoms with van der Waals surface area (Å²) < 4.78 is 13.1. The normalized spacial score (nSPS) is 13.1. The quantitative estimate of drug-likeness (QED) is 0.724. The Kier molecular flexibility index (Phi) is 5.21. The fourth-order valence-corrected chi connectivity index (χ4v) is 3.28. The van der Waals surface area contributed by atoms with Crippen molar-refractivity contribution in [3.63, 3.8) is 0 Å². The average Bonchev–Trinajstić information content (AvgIpc) is 2.99. The fourth-order valence-electron chi connectivity index (χ4n) is 2.99. The first-order valence-corrected chi connectivity index (χ1v) is 9.46. The highest BCUT2D eigenvalue weighted by Gasteiger charge is 2.16. The molecule has 28 heavy (non-hydrogen) atoms. The fraction of sp³-hybridized carbons (Fsp3) is 0.238. The number of benzene rings is 2. The van der Waals surface area contributed by atoms with E-state index in [2.05, 4.69) is 10.4 Å². The van der Waals surface area contributed by atoms with Gasteiger partial charge in [0, 0.05) is 24.7 Å².